The average molecular weight is 439 g/mol. The summed E-state index contributed by atoms with van der Waals surface area (Å²) in [6, 6.07) is 15.3. The van der Waals surface area contributed by atoms with E-state index in [0.717, 1.165) is 29.0 Å². The Morgan fingerprint density at radius 2 is 1.68 bits per heavy atom. The Balaban J connectivity index is 1.34. The zero-order chi connectivity index (χ0) is 22.0. The molecule has 0 saturated carbocycles. The lowest BCUT2D eigenvalue weighted by Gasteiger charge is -2.36. The molecule has 0 unspecified atom stereocenters. The van der Waals surface area contributed by atoms with Gasteiger partial charge in [0.1, 0.15) is 5.60 Å². The van der Waals surface area contributed by atoms with Gasteiger partial charge in [-0.2, -0.15) is 0 Å². The molecule has 0 spiro atoms. The lowest BCUT2D eigenvalue weighted by Crippen LogP contribution is -2.50. The number of piperazine rings is 1. The van der Waals surface area contributed by atoms with Crippen molar-refractivity contribution >= 4 is 44.4 Å². The highest BCUT2D eigenvalue weighted by molar-refractivity contribution is 7.22. The van der Waals surface area contributed by atoms with Gasteiger partial charge in [0.15, 0.2) is 5.13 Å². The molecule has 1 aliphatic heterocycles. The molecule has 0 aliphatic carbocycles. The molecule has 1 aromatic heterocycles. The molecule has 31 heavy (non-hydrogen) atoms. The van der Waals surface area contributed by atoms with Crippen LogP contribution in [0.2, 0.25) is 0 Å². The second-order valence-corrected chi connectivity index (χ2v) is 9.47. The number of benzene rings is 2. The van der Waals surface area contributed by atoms with Gasteiger partial charge in [-0.15, -0.1) is 0 Å². The lowest BCUT2D eigenvalue weighted by atomic mass is 10.1. The highest BCUT2D eigenvalue weighted by Gasteiger charge is 2.26. The van der Waals surface area contributed by atoms with E-state index in [0.29, 0.717) is 23.8 Å². The standard InChI is InChI=1S/C23H26N4O3S/c1-23(2,3)30-22(29)27-14-12-26(13-15-27)17-10-8-16(9-11-17)20(28)25-21-24-18-6-4-5-7-19(18)31-21/h4-11H,12-15H2,1-3H3,(H,24,25,28). The number of hydrogen-bond acceptors (Lipinski definition) is 6. The maximum atomic E-state index is 12.6. The van der Waals surface area contributed by atoms with Gasteiger partial charge in [-0.25, -0.2) is 9.78 Å². The molecular formula is C23H26N4O3S. The Kier molecular flexibility index (Phi) is 5.82. The van der Waals surface area contributed by atoms with Crippen LogP contribution >= 0.6 is 11.3 Å². The van der Waals surface area contributed by atoms with Gasteiger partial charge in [-0.05, 0) is 57.2 Å². The topological polar surface area (TPSA) is 74.8 Å². The predicted molar refractivity (Wildman–Crippen MR) is 124 cm³/mol. The van der Waals surface area contributed by atoms with Crippen LogP contribution in [0.5, 0.6) is 0 Å². The van der Waals surface area contributed by atoms with Crippen LogP contribution in [0.4, 0.5) is 15.6 Å². The minimum absolute atomic E-state index is 0.180. The number of ether oxygens (including phenoxy) is 1. The van der Waals surface area contributed by atoms with Crippen molar-refractivity contribution in [2.75, 3.05) is 36.4 Å². The van der Waals surface area contributed by atoms with Gasteiger partial charge in [0.25, 0.3) is 5.91 Å². The van der Waals surface area contributed by atoms with Crippen LogP contribution in [0, 0.1) is 0 Å². The van der Waals surface area contributed by atoms with Gasteiger partial charge >= 0.3 is 6.09 Å². The summed E-state index contributed by atoms with van der Waals surface area (Å²) in [6.07, 6.45) is -0.269. The SMILES string of the molecule is CC(C)(C)OC(=O)N1CCN(c2ccc(C(=O)Nc3nc4ccccc4s3)cc2)CC1. The molecule has 0 atom stereocenters. The molecule has 2 amide bonds. The monoisotopic (exact) mass is 438 g/mol. The van der Waals surface area contributed by atoms with Crippen molar-refractivity contribution in [1.29, 1.82) is 0 Å². The Hall–Kier alpha value is -3.13. The number of amides is 2. The molecular weight excluding hydrogens is 412 g/mol. The van der Waals surface area contributed by atoms with E-state index >= 15 is 0 Å². The minimum Gasteiger partial charge on any atom is -0.444 e. The summed E-state index contributed by atoms with van der Waals surface area (Å²) in [4.78, 5) is 33.2. The molecule has 7 nitrogen and oxygen atoms in total. The van der Waals surface area contributed by atoms with E-state index in [1.54, 1.807) is 4.90 Å². The first-order chi connectivity index (χ1) is 14.8. The average Bonchev–Trinajstić information content (AvgIpc) is 3.15. The number of carbonyl (C=O) groups is 2. The number of carbonyl (C=O) groups excluding carboxylic acids is 2. The second-order valence-electron chi connectivity index (χ2n) is 8.44. The maximum absolute atomic E-state index is 12.6. The summed E-state index contributed by atoms with van der Waals surface area (Å²) in [5.74, 6) is -0.180. The third kappa shape index (κ3) is 5.14. The molecule has 2 heterocycles. The quantitative estimate of drug-likeness (QED) is 0.647. The molecule has 4 rings (SSSR count). The Labute approximate surface area is 185 Å². The van der Waals surface area contributed by atoms with E-state index < -0.39 is 5.60 Å². The zero-order valence-corrected chi connectivity index (χ0v) is 18.7. The highest BCUT2D eigenvalue weighted by Crippen LogP contribution is 2.26. The summed E-state index contributed by atoms with van der Waals surface area (Å²) in [5.41, 5.74) is 2.00. The number of para-hydroxylation sites is 1. The van der Waals surface area contributed by atoms with Gasteiger partial charge in [0.2, 0.25) is 0 Å². The van der Waals surface area contributed by atoms with Gasteiger partial charge < -0.3 is 14.5 Å². The van der Waals surface area contributed by atoms with Gasteiger partial charge in [-0.1, -0.05) is 23.5 Å². The molecule has 1 aliphatic rings. The minimum atomic E-state index is -0.490. The summed E-state index contributed by atoms with van der Waals surface area (Å²) in [7, 11) is 0. The van der Waals surface area contributed by atoms with E-state index in [1.165, 1.54) is 11.3 Å². The number of thiazole rings is 1. The predicted octanol–water partition coefficient (Wildman–Crippen LogP) is 4.61. The fraction of sp³-hybridized carbons (Fsp3) is 0.348. The lowest BCUT2D eigenvalue weighted by molar-refractivity contribution is 0.0240. The van der Waals surface area contributed by atoms with Crippen molar-refractivity contribution in [3.63, 3.8) is 0 Å². The molecule has 3 aromatic rings. The Morgan fingerprint density at radius 3 is 2.32 bits per heavy atom. The number of nitrogens with one attached hydrogen (secondary N) is 1. The molecule has 8 heteroatoms. The summed E-state index contributed by atoms with van der Waals surface area (Å²) in [6.45, 7) is 8.26. The first-order valence-electron chi connectivity index (χ1n) is 10.3. The van der Waals surface area contributed by atoms with E-state index in [2.05, 4.69) is 15.2 Å². The molecule has 2 aromatic carbocycles. The number of hydrogen-bond donors (Lipinski definition) is 1. The van der Waals surface area contributed by atoms with E-state index in [4.69, 9.17) is 4.74 Å². The van der Waals surface area contributed by atoms with E-state index in [9.17, 15) is 9.59 Å². The Morgan fingerprint density at radius 1 is 1.00 bits per heavy atom. The van der Waals surface area contributed by atoms with Crippen molar-refractivity contribution < 1.29 is 14.3 Å². The fourth-order valence-electron chi connectivity index (χ4n) is 3.39. The van der Waals surface area contributed by atoms with Crippen LogP contribution in [0.25, 0.3) is 10.2 Å². The second kappa shape index (κ2) is 8.55. The van der Waals surface area contributed by atoms with Crippen LogP contribution in [0.3, 0.4) is 0 Å². The fourth-order valence-corrected chi connectivity index (χ4v) is 4.25. The number of aromatic nitrogens is 1. The van der Waals surface area contributed by atoms with Gasteiger partial charge in [0.05, 0.1) is 10.2 Å². The number of anilines is 2. The number of rotatable bonds is 3. The van der Waals surface area contributed by atoms with E-state index in [-0.39, 0.29) is 12.0 Å². The number of fused-ring (bicyclic) bond motifs is 1. The van der Waals surface area contributed by atoms with E-state index in [1.807, 2.05) is 69.3 Å². The van der Waals surface area contributed by atoms with Crippen molar-refractivity contribution in [3.05, 3.63) is 54.1 Å². The Bertz CT molecular complexity index is 1050. The molecule has 1 N–H and O–H groups in total. The van der Waals surface area contributed by atoms with Crippen LogP contribution in [-0.4, -0.2) is 53.7 Å². The van der Waals surface area contributed by atoms with Crippen LogP contribution < -0.4 is 10.2 Å². The molecule has 0 radical (unpaired) electrons. The smallest absolute Gasteiger partial charge is 0.410 e. The van der Waals surface area contributed by atoms with Crippen LogP contribution in [0.15, 0.2) is 48.5 Å². The normalized spacial score (nSPS) is 14.5. The highest BCUT2D eigenvalue weighted by atomic mass is 32.1. The van der Waals surface area contributed by atoms with Crippen molar-refractivity contribution in [3.8, 4) is 0 Å². The van der Waals surface area contributed by atoms with Crippen molar-refractivity contribution in [1.82, 2.24) is 9.88 Å². The molecule has 0 bridgehead atoms. The largest absolute Gasteiger partial charge is 0.444 e. The van der Waals surface area contributed by atoms with Crippen molar-refractivity contribution in [2.24, 2.45) is 0 Å². The maximum Gasteiger partial charge on any atom is 0.410 e. The van der Waals surface area contributed by atoms with Crippen LogP contribution in [0.1, 0.15) is 31.1 Å². The summed E-state index contributed by atoms with van der Waals surface area (Å²) >= 11 is 1.46. The molecule has 162 valence electrons. The third-order valence-electron chi connectivity index (χ3n) is 4.94. The van der Waals surface area contributed by atoms with Gasteiger partial charge in [-0.3, -0.25) is 10.1 Å². The molecule has 1 fully saturated rings. The van der Waals surface area contributed by atoms with Gasteiger partial charge in [0, 0.05) is 37.4 Å². The zero-order valence-electron chi connectivity index (χ0n) is 17.9. The number of nitrogens with zero attached hydrogens (tertiary/aromatic N) is 3. The third-order valence-corrected chi connectivity index (χ3v) is 5.89. The van der Waals surface area contributed by atoms with Crippen molar-refractivity contribution in [2.45, 2.75) is 26.4 Å². The first kappa shape index (κ1) is 21.1. The summed E-state index contributed by atoms with van der Waals surface area (Å²) in [5, 5.41) is 3.47. The van der Waals surface area contributed by atoms with Crippen LogP contribution in [-0.2, 0) is 4.74 Å². The summed E-state index contributed by atoms with van der Waals surface area (Å²) < 4.78 is 6.49. The first-order valence-corrected chi connectivity index (χ1v) is 11.1. The molecule has 1 saturated heterocycles.